The summed E-state index contributed by atoms with van der Waals surface area (Å²) in [4.78, 5) is 27.0. The molecule has 2 amide bonds. The molecule has 3 N–H and O–H groups in total. The van der Waals surface area contributed by atoms with Gasteiger partial charge in [-0.2, -0.15) is 5.10 Å². The van der Waals surface area contributed by atoms with Gasteiger partial charge in [0.05, 0.1) is 24.6 Å². The van der Waals surface area contributed by atoms with Crippen LogP contribution in [0.15, 0.2) is 88.7 Å². The Bertz CT molecular complexity index is 1630. The third-order valence-corrected chi connectivity index (χ3v) is 6.89. The second-order valence-electron chi connectivity index (χ2n) is 9.06. The summed E-state index contributed by atoms with van der Waals surface area (Å²) in [5.41, 5.74) is 3.24. The van der Waals surface area contributed by atoms with Crippen molar-refractivity contribution in [3.8, 4) is 5.75 Å². The van der Waals surface area contributed by atoms with E-state index in [1.807, 2.05) is 25.1 Å². The summed E-state index contributed by atoms with van der Waals surface area (Å²) >= 11 is 3.41. The van der Waals surface area contributed by atoms with Crippen molar-refractivity contribution in [2.45, 2.75) is 19.9 Å². The third-order valence-electron chi connectivity index (χ3n) is 6.40. The first-order chi connectivity index (χ1) is 18.8. The lowest BCUT2D eigenvalue weighted by atomic mass is 9.94. The highest BCUT2D eigenvalue weighted by molar-refractivity contribution is 9.10. The van der Waals surface area contributed by atoms with Crippen LogP contribution in [0.3, 0.4) is 0 Å². The van der Waals surface area contributed by atoms with Crippen molar-refractivity contribution < 1.29 is 18.7 Å². The van der Waals surface area contributed by atoms with Crippen LogP contribution in [0.2, 0.25) is 0 Å². The van der Waals surface area contributed by atoms with Gasteiger partial charge in [-0.3, -0.25) is 9.59 Å². The molecule has 1 aliphatic rings. The maximum Gasteiger partial charge on any atom is 0.261 e. The van der Waals surface area contributed by atoms with Gasteiger partial charge in [0.1, 0.15) is 29.0 Å². The van der Waals surface area contributed by atoms with E-state index < -0.39 is 23.7 Å². The number of rotatable bonds is 6. The summed E-state index contributed by atoms with van der Waals surface area (Å²) in [6, 6.07) is 18.0. The lowest BCUT2D eigenvalue weighted by Crippen LogP contribution is -2.32. The predicted molar refractivity (Wildman–Crippen MR) is 152 cm³/mol. The highest BCUT2D eigenvalue weighted by atomic mass is 79.9. The lowest BCUT2D eigenvalue weighted by Gasteiger charge is -2.30. The first-order valence-corrected chi connectivity index (χ1v) is 12.9. The molecule has 0 saturated carbocycles. The van der Waals surface area contributed by atoms with E-state index in [9.17, 15) is 9.59 Å². The number of benzene rings is 3. The first kappa shape index (κ1) is 26.2. The minimum atomic E-state index is -0.964. The SMILES string of the molecule is COc1ccccc1NC(=O)C1=C(C)Nc2c(C(=O)Nc3cccc(C)c3)cnn2[C@@H]1c1cc(Br)ccc1F. The number of aromatic nitrogens is 2. The number of fused-ring (bicyclic) bond motifs is 1. The van der Waals surface area contributed by atoms with Gasteiger partial charge in [0, 0.05) is 21.4 Å². The summed E-state index contributed by atoms with van der Waals surface area (Å²) in [5, 5.41) is 13.4. The van der Waals surface area contributed by atoms with Crippen LogP contribution in [-0.2, 0) is 4.79 Å². The number of methoxy groups -OCH3 is 1. The number of hydrogen-bond donors (Lipinski definition) is 3. The summed E-state index contributed by atoms with van der Waals surface area (Å²) in [7, 11) is 1.51. The van der Waals surface area contributed by atoms with Crippen LogP contribution in [0.5, 0.6) is 5.75 Å². The average molecular weight is 590 g/mol. The maximum absolute atomic E-state index is 15.3. The van der Waals surface area contributed by atoms with Crippen LogP contribution in [0, 0.1) is 12.7 Å². The molecule has 198 valence electrons. The standard InChI is InChI=1S/C29H25BrFN5O3/c1-16-7-6-8-19(13-16)34-28(37)21-15-32-36-26(20-14-18(30)11-12-22(20)31)25(17(2)33-27(21)36)29(38)35-23-9-4-5-10-24(23)39-3/h4-15,26,33H,1-3H3,(H,34,37)(H,35,38)/t26-/m1/s1. The second kappa shape index (κ2) is 10.7. The number of anilines is 3. The van der Waals surface area contributed by atoms with Gasteiger partial charge < -0.3 is 20.7 Å². The number of nitrogens with zero attached hydrogens (tertiary/aromatic N) is 2. The zero-order chi connectivity index (χ0) is 27.7. The van der Waals surface area contributed by atoms with E-state index in [0.717, 1.165) is 5.56 Å². The Balaban J connectivity index is 1.58. The molecule has 1 aliphatic heterocycles. The van der Waals surface area contributed by atoms with Crippen molar-refractivity contribution in [1.82, 2.24) is 9.78 Å². The molecule has 0 radical (unpaired) electrons. The Morgan fingerprint density at radius 1 is 1.03 bits per heavy atom. The van der Waals surface area contributed by atoms with Crippen molar-refractivity contribution in [1.29, 1.82) is 0 Å². The highest BCUT2D eigenvalue weighted by Crippen LogP contribution is 2.40. The number of amides is 2. The van der Waals surface area contributed by atoms with Gasteiger partial charge in [0.15, 0.2) is 0 Å². The molecule has 10 heteroatoms. The lowest BCUT2D eigenvalue weighted by molar-refractivity contribution is -0.113. The Morgan fingerprint density at radius 2 is 1.82 bits per heavy atom. The summed E-state index contributed by atoms with van der Waals surface area (Å²) in [5.74, 6) is -0.560. The van der Waals surface area contributed by atoms with Gasteiger partial charge in [-0.1, -0.05) is 40.2 Å². The van der Waals surface area contributed by atoms with Gasteiger partial charge in [-0.15, -0.1) is 0 Å². The minimum Gasteiger partial charge on any atom is -0.495 e. The molecule has 0 saturated heterocycles. The van der Waals surface area contributed by atoms with E-state index in [1.165, 1.54) is 24.1 Å². The number of nitrogens with one attached hydrogen (secondary N) is 3. The van der Waals surface area contributed by atoms with E-state index in [2.05, 4.69) is 37.0 Å². The number of aryl methyl sites for hydroxylation is 1. The molecule has 0 unspecified atom stereocenters. The Hall–Kier alpha value is -4.44. The summed E-state index contributed by atoms with van der Waals surface area (Å²) in [6.07, 6.45) is 1.41. The monoisotopic (exact) mass is 589 g/mol. The minimum absolute atomic E-state index is 0.213. The second-order valence-corrected chi connectivity index (χ2v) is 9.98. The van der Waals surface area contributed by atoms with Crippen molar-refractivity contribution in [3.05, 3.63) is 111 Å². The van der Waals surface area contributed by atoms with Crippen molar-refractivity contribution >= 4 is 44.9 Å². The molecular formula is C29H25BrFN5O3. The topological polar surface area (TPSA) is 97.3 Å². The van der Waals surface area contributed by atoms with Gasteiger partial charge in [-0.25, -0.2) is 9.07 Å². The fourth-order valence-electron chi connectivity index (χ4n) is 4.59. The third kappa shape index (κ3) is 5.15. The predicted octanol–water partition coefficient (Wildman–Crippen LogP) is 6.28. The molecule has 39 heavy (non-hydrogen) atoms. The molecule has 5 rings (SSSR count). The smallest absolute Gasteiger partial charge is 0.261 e. The fraction of sp³-hybridized carbons (Fsp3) is 0.138. The average Bonchev–Trinajstić information content (AvgIpc) is 3.33. The Labute approximate surface area is 233 Å². The molecular weight excluding hydrogens is 565 g/mol. The largest absolute Gasteiger partial charge is 0.495 e. The van der Waals surface area contributed by atoms with Crippen LogP contribution in [-0.4, -0.2) is 28.7 Å². The molecule has 1 aromatic heterocycles. The Kier molecular flexibility index (Phi) is 7.21. The molecule has 0 aliphatic carbocycles. The number of ether oxygens (including phenoxy) is 1. The van der Waals surface area contributed by atoms with Crippen molar-refractivity contribution in [3.63, 3.8) is 0 Å². The molecule has 1 atom stereocenters. The van der Waals surface area contributed by atoms with Gasteiger partial charge in [0.2, 0.25) is 0 Å². The van der Waals surface area contributed by atoms with Crippen molar-refractivity contribution in [2.24, 2.45) is 0 Å². The highest BCUT2D eigenvalue weighted by Gasteiger charge is 2.37. The van der Waals surface area contributed by atoms with Crippen LogP contribution in [0.1, 0.15) is 34.5 Å². The van der Waals surface area contributed by atoms with Gasteiger partial charge in [0.25, 0.3) is 11.8 Å². The van der Waals surface area contributed by atoms with Crippen LogP contribution < -0.4 is 20.7 Å². The molecule has 0 bridgehead atoms. The number of carbonyl (C=O) groups is 2. The first-order valence-electron chi connectivity index (χ1n) is 12.1. The molecule has 0 fully saturated rings. The van der Waals surface area contributed by atoms with E-state index in [1.54, 1.807) is 49.4 Å². The molecule has 2 heterocycles. The number of para-hydroxylation sites is 2. The molecule has 3 aromatic carbocycles. The van der Waals surface area contributed by atoms with Crippen molar-refractivity contribution in [2.75, 3.05) is 23.1 Å². The fourth-order valence-corrected chi connectivity index (χ4v) is 4.96. The quantitative estimate of drug-likeness (QED) is 0.246. The molecule has 8 nitrogen and oxygen atoms in total. The van der Waals surface area contributed by atoms with Gasteiger partial charge in [-0.05, 0) is 61.9 Å². The van der Waals surface area contributed by atoms with Crippen LogP contribution >= 0.6 is 15.9 Å². The number of allylic oxidation sites excluding steroid dienone is 1. The normalized spacial score (nSPS) is 14.3. The van der Waals surface area contributed by atoms with E-state index in [-0.39, 0.29) is 16.7 Å². The van der Waals surface area contributed by atoms with E-state index in [0.29, 0.717) is 33.1 Å². The van der Waals surface area contributed by atoms with Gasteiger partial charge >= 0.3 is 0 Å². The zero-order valence-corrected chi connectivity index (χ0v) is 23.0. The van der Waals surface area contributed by atoms with Crippen LogP contribution in [0.25, 0.3) is 0 Å². The molecule has 0 spiro atoms. The number of hydrogen-bond acceptors (Lipinski definition) is 5. The van der Waals surface area contributed by atoms with Crippen LogP contribution in [0.4, 0.5) is 21.6 Å². The number of carbonyl (C=O) groups excluding carboxylic acids is 2. The number of halogens is 2. The van der Waals surface area contributed by atoms with E-state index >= 15 is 4.39 Å². The zero-order valence-electron chi connectivity index (χ0n) is 21.4. The molecule has 4 aromatic rings. The maximum atomic E-state index is 15.3. The summed E-state index contributed by atoms with van der Waals surface area (Å²) in [6.45, 7) is 3.64. The van der Waals surface area contributed by atoms with E-state index in [4.69, 9.17) is 4.74 Å². The summed E-state index contributed by atoms with van der Waals surface area (Å²) < 4.78 is 22.8. The Morgan fingerprint density at radius 3 is 2.59 bits per heavy atom.